The summed E-state index contributed by atoms with van der Waals surface area (Å²) < 4.78 is 0. The second kappa shape index (κ2) is 5.72. The normalized spacial score (nSPS) is 11.1. The van der Waals surface area contributed by atoms with Gasteiger partial charge in [0.1, 0.15) is 0 Å². The van der Waals surface area contributed by atoms with Gasteiger partial charge in [-0.2, -0.15) is 5.10 Å². The third-order valence-electron chi connectivity index (χ3n) is 2.46. The predicted molar refractivity (Wildman–Crippen MR) is 70.4 cm³/mol. The number of amides is 1. The number of carbonyl (C=O) groups excluding carboxylic acids is 1. The van der Waals surface area contributed by atoms with Gasteiger partial charge in [0.05, 0.1) is 5.71 Å². The molecule has 4 nitrogen and oxygen atoms in total. The predicted octanol–water partition coefficient (Wildman–Crippen LogP) is 2.24. The second-order valence-corrected chi connectivity index (χ2v) is 3.74. The molecular weight excluding hydrogens is 226 g/mol. The number of aromatic nitrogens is 1. The molecule has 18 heavy (non-hydrogen) atoms. The number of rotatable bonds is 3. The molecule has 1 amide bonds. The zero-order valence-corrected chi connectivity index (χ0v) is 10.00. The first-order valence-corrected chi connectivity index (χ1v) is 5.57. The monoisotopic (exact) mass is 239 g/mol. The van der Waals surface area contributed by atoms with E-state index in [4.69, 9.17) is 0 Å². The Hall–Kier alpha value is -2.49. The van der Waals surface area contributed by atoms with Gasteiger partial charge < -0.3 is 0 Å². The maximum atomic E-state index is 11.7. The van der Waals surface area contributed by atoms with Gasteiger partial charge >= 0.3 is 0 Å². The van der Waals surface area contributed by atoms with Crippen molar-refractivity contribution in [1.82, 2.24) is 10.4 Å². The lowest BCUT2D eigenvalue weighted by Gasteiger charge is -2.02. The van der Waals surface area contributed by atoms with Crippen LogP contribution in [0.1, 0.15) is 22.8 Å². The molecular formula is C14H13N3O. The Kier molecular flexibility index (Phi) is 3.81. The van der Waals surface area contributed by atoms with Crippen molar-refractivity contribution >= 4 is 11.6 Å². The third-order valence-corrected chi connectivity index (χ3v) is 2.46. The van der Waals surface area contributed by atoms with Crippen molar-refractivity contribution in [3.8, 4) is 0 Å². The lowest BCUT2D eigenvalue weighted by molar-refractivity contribution is 0.0955. The van der Waals surface area contributed by atoms with Crippen LogP contribution in [0.25, 0.3) is 0 Å². The summed E-state index contributed by atoms with van der Waals surface area (Å²) in [7, 11) is 0. The molecule has 90 valence electrons. The van der Waals surface area contributed by atoms with E-state index in [1.807, 2.05) is 37.3 Å². The summed E-state index contributed by atoms with van der Waals surface area (Å²) in [5.74, 6) is -0.219. The Morgan fingerprint density at radius 3 is 2.39 bits per heavy atom. The fourth-order valence-electron chi connectivity index (χ4n) is 1.45. The van der Waals surface area contributed by atoms with Gasteiger partial charge in [-0.15, -0.1) is 0 Å². The standard InChI is InChI=1S/C14H13N3O/c1-11(12-7-9-15-10-8-12)16-17-14(18)13-5-3-2-4-6-13/h2-10H,1H3,(H,17,18)/b16-11-. The van der Waals surface area contributed by atoms with Crippen LogP contribution < -0.4 is 5.43 Å². The molecule has 0 bridgehead atoms. The second-order valence-electron chi connectivity index (χ2n) is 3.74. The Morgan fingerprint density at radius 2 is 1.72 bits per heavy atom. The highest BCUT2D eigenvalue weighted by atomic mass is 16.2. The molecule has 0 atom stereocenters. The van der Waals surface area contributed by atoms with Gasteiger partial charge in [0, 0.05) is 23.5 Å². The Labute approximate surface area is 105 Å². The van der Waals surface area contributed by atoms with Crippen LogP contribution in [-0.4, -0.2) is 16.6 Å². The number of nitrogens with one attached hydrogen (secondary N) is 1. The van der Waals surface area contributed by atoms with Crippen LogP contribution in [0.15, 0.2) is 60.0 Å². The molecule has 0 saturated heterocycles. The SMILES string of the molecule is C/C(=N/NC(=O)c1ccccc1)c1ccncc1. The Bertz CT molecular complexity index is 550. The van der Waals surface area contributed by atoms with Gasteiger partial charge in [-0.25, -0.2) is 5.43 Å². The van der Waals surface area contributed by atoms with E-state index in [1.165, 1.54) is 0 Å². The van der Waals surface area contributed by atoms with E-state index < -0.39 is 0 Å². The largest absolute Gasteiger partial charge is 0.271 e. The van der Waals surface area contributed by atoms with Crippen molar-refractivity contribution in [2.45, 2.75) is 6.92 Å². The smallest absolute Gasteiger partial charge is 0.267 e. The van der Waals surface area contributed by atoms with Gasteiger partial charge in [0.15, 0.2) is 0 Å². The van der Waals surface area contributed by atoms with Crippen molar-refractivity contribution in [2.75, 3.05) is 0 Å². The first-order chi connectivity index (χ1) is 8.77. The minimum atomic E-state index is -0.219. The number of benzene rings is 1. The van der Waals surface area contributed by atoms with Crippen molar-refractivity contribution in [1.29, 1.82) is 0 Å². The van der Waals surface area contributed by atoms with Crippen LogP contribution in [0.5, 0.6) is 0 Å². The van der Waals surface area contributed by atoms with E-state index in [2.05, 4.69) is 15.5 Å². The lowest BCUT2D eigenvalue weighted by Crippen LogP contribution is -2.19. The summed E-state index contributed by atoms with van der Waals surface area (Å²) in [4.78, 5) is 15.7. The highest BCUT2D eigenvalue weighted by Gasteiger charge is 2.03. The van der Waals surface area contributed by atoms with Crippen LogP contribution >= 0.6 is 0 Å². The first-order valence-electron chi connectivity index (χ1n) is 5.57. The molecule has 0 aliphatic rings. The van der Waals surface area contributed by atoms with Gasteiger partial charge in [-0.1, -0.05) is 18.2 Å². The fourth-order valence-corrected chi connectivity index (χ4v) is 1.45. The molecule has 2 rings (SSSR count). The number of hydrogen-bond acceptors (Lipinski definition) is 3. The van der Waals surface area contributed by atoms with Crippen LogP contribution in [-0.2, 0) is 0 Å². The molecule has 0 aliphatic heterocycles. The number of hydrazone groups is 1. The van der Waals surface area contributed by atoms with Crippen molar-refractivity contribution in [3.05, 3.63) is 66.0 Å². The van der Waals surface area contributed by atoms with E-state index in [-0.39, 0.29) is 5.91 Å². The van der Waals surface area contributed by atoms with E-state index in [0.29, 0.717) is 5.56 Å². The maximum Gasteiger partial charge on any atom is 0.271 e. The summed E-state index contributed by atoms with van der Waals surface area (Å²) in [5, 5.41) is 4.06. The molecule has 0 radical (unpaired) electrons. The summed E-state index contributed by atoms with van der Waals surface area (Å²) in [6, 6.07) is 12.7. The van der Waals surface area contributed by atoms with E-state index in [0.717, 1.165) is 11.3 Å². The molecule has 4 heteroatoms. The number of hydrogen-bond donors (Lipinski definition) is 1. The molecule has 1 N–H and O–H groups in total. The van der Waals surface area contributed by atoms with E-state index in [1.54, 1.807) is 24.5 Å². The van der Waals surface area contributed by atoms with Gasteiger partial charge in [-0.3, -0.25) is 9.78 Å². The first kappa shape index (κ1) is 12.0. The molecule has 2 aromatic rings. The topological polar surface area (TPSA) is 54.4 Å². The van der Waals surface area contributed by atoms with Crippen LogP contribution in [0.3, 0.4) is 0 Å². The summed E-state index contributed by atoms with van der Waals surface area (Å²) in [6.45, 7) is 1.83. The summed E-state index contributed by atoms with van der Waals surface area (Å²) >= 11 is 0. The average molecular weight is 239 g/mol. The van der Waals surface area contributed by atoms with E-state index in [9.17, 15) is 4.79 Å². The minimum absolute atomic E-state index is 0.219. The minimum Gasteiger partial charge on any atom is -0.267 e. The van der Waals surface area contributed by atoms with Crippen molar-refractivity contribution in [3.63, 3.8) is 0 Å². The summed E-state index contributed by atoms with van der Waals surface area (Å²) in [6.07, 6.45) is 3.38. The molecule has 1 aromatic carbocycles. The Morgan fingerprint density at radius 1 is 1.06 bits per heavy atom. The number of nitrogens with zero attached hydrogens (tertiary/aromatic N) is 2. The van der Waals surface area contributed by atoms with Crippen molar-refractivity contribution < 1.29 is 4.79 Å². The quantitative estimate of drug-likeness (QED) is 0.659. The fraction of sp³-hybridized carbons (Fsp3) is 0.0714. The van der Waals surface area contributed by atoms with Crippen LogP contribution in [0, 0.1) is 0 Å². The molecule has 0 spiro atoms. The summed E-state index contributed by atoms with van der Waals surface area (Å²) in [5.41, 5.74) is 4.78. The highest BCUT2D eigenvalue weighted by molar-refractivity contribution is 6.00. The van der Waals surface area contributed by atoms with Gasteiger partial charge in [-0.05, 0) is 31.2 Å². The van der Waals surface area contributed by atoms with Crippen LogP contribution in [0.2, 0.25) is 0 Å². The molecule has 0 aliphatic carbocycles. The highest BCUT2D eigenvalue weighted by Crippen LogP contribution is 2.00. The molecule has 0 unspecified atom stereocenters. The lowest BCUT2D eigenvalue weighted by atomic mass is 10.2. The van der Waals surface area contributed by atoms with Gasteiger partial charge in [0.25, 0.3) is 5.91 Å². The van der Waals surface area contributed by atoms with Crippen LogP contribution in [0.4, 0.5) is 0 Å². The molecule has 1 aromatic heterocycles. The maximum absolute atomic E-state index is 11.7. The molecule has 0 fully saturated rings. The molecule has 1 heterocycles. The molecule has 0 saturated carbocycles. The van der Waals surface area contributed by atoms with E-state index >= 15 is 0 Å². The number of pyridine rings is 1. The van der Waals surface area contributed by atoms with Gasteiger partial charge in [0.2, 0.25) is 0 Å². The Balaban J connectivity index is 2.05. The average Bonchev–Trinajstić information content (AvgIpc) is 2.46. The zero-order valence-electron chi connectivity index (χ0n) is 10.00. The third kappa shape index (κ3) is 3.01. The van der Waals surface area contributed by atoms with Crippen molar-refractivity contribution in [2.24, 2.45) is 5.10 Å². The zero-order chi connectivity index (χ0) is 12.8. The number of carbonyl (C=O) groups is 1.